The first-order chi connectivity index (χ1) is 11.8. The minimum absolute atomic E-state index is 0. The van der Waals surface area contributed by atoms with Crippen molar-refractivity contribution in [2.75, 3.05) is 13.6 Å². The second kappa shape index (κ2) is 9.70. The number of aryl methyl sites for hydroxylation is 1. The molecule has 2 aromatic rings. The largest absolute Gasteiger partial charge is 0.508 e. The summed E-state index contributed by atoms with van der Waals surface area (Å²) >= 11 is 0. The molecule has 0 saturated carbocycles. The first-order valence-corrected chi connectivity index (χ1v) is 8.66. The van der Waals surface area contributed by atoms with Crippen LogP contribution in [0, 0.1) is 0 Å². The zero-order chi connectivity index (χ0) is 16.8. The number of benzene rings is 1. The fourth-order valence-electron chi connectivity index (χ4n) is 3.30. The molecule has 0 saturated heterocycles. The van der Waals surface area contributed by atoms with Gasteiger partial charge in [0.15, 0.2) is 5.96 Å². The van der Waals surface area contributed by atoms with Crippen molar-refractivity contribution >= 4 is 29.9 Å². The first kappa shape index (κ1) is 19.6. The molecule has 1 aliphatic carbocycles. The fourth-order valence-corrected chi connectivity index (χ4v) is 3.30. The number of rotatable bonds is 5. The summed E-state index contributed by atoms with van der Waals surface area (Å²) < 4.78 is 2.12. The maximum absolute atomic E-state index is 10.2. The Kier molecular flexibility index (Phi) is 7.61. The molecule has 0 amide bonds. The van der Waals surface area contributed by atoms with E-state index in [2.05, 4.69) is 26.3 Å². The molecule has 0 aliphatic heterocycles. The maximum Gasteiger partial charge on any atom is 0.191 e. The molecule has 25 heavy (non-hydrogen) atoms. The van der Waals surface area contributed by atoms with Gasteiger partial charge in [-0.25, -0.2) is 0 Å². The highest BCUT2D eigenvalue weighted by Crippen LogP contribution is 2.30. The van der Waals surface area contributed by atoms with Crippen LogP contribution in [0.4, 0.5) is 0 Å². The van der Waals surface area contributed by atoms with E-state index in [0.717, 1.165) is 37.5 Å². The Morgan fingerprint density at radius 1 is 1.16 bits per heavy atom. The molecule has 1 aromatic carbocycles. The fraction of sp³-hybridized carbons (Fsp3) is 0.421. The number of phenolic OH excluding ortho intramolecular Hbond substituents is 1. The number of aromatic nitrogens is 1. The van der Waals surface area contributed by atoms with Gasteiger partial charge in [-0.15, -0.1) is 24.0 Å². The van der Waals surface area contributed by atoms with E-state index >= 15 is 0 Å². The van der Waals surface area contributed by atoms with Crippen molar-refractivity contribution < 1.29 is 5.11 Å². The molecule has 3 rings (SSSR count). The average Bonchev–Trinajstić information content (AvgIpc) is 3.12. The summed E-state index contributed by atoms with van der Waals surface area (Å²) in [7, 11) is 1.77. The summed E-state index contributed by atoms with van der Waals surface area (Å²) in [6.45, 7) is 2.28. The van der Waals surface area contributed by atoms with Crippen LogP contribution in [-0.2, 0) is 25.9 Å². The second-order valence-corrected chi connectivity index (χ2v) is 6.18. The molecule has 0 radical (unpaired) electrons. The summed E-state index contributed by atoms with van der Waals surface area (Å²) in [5.74, 6) is 1.14. The Bertz CT molecular complexity index is 698. The third-order valence-corrected chi connectivity index (χ3v) is 4.61. The van der Waals surface area contributed by atoms with Crippen molar-refractivity contribution in [2.45, 2.75) is 38.8 Å². The maximum atomic E-state index is 10.2. The molecule has 136 valence electrons. The van der Waals surface area contributed by atoms with Crippen LogP contribution in [0.1, 0.15) is 29.5 Å². The van der Waals surface area contributed by atoms with Crippen molar-refractivity contribution in [1.29, 1.82) is 0 Å². The number of aromatic hydroxyl groups is 1. The van der Waals surface area contributed by atoms with Gasteiger partial charge >= 0.3 is 0 Å². The molecule has 0 fully saturated rings. The number of nitrogens with zero attached hydrogens (tertiary/aromatic N) is 2. The standard InChI is InChI=1S/C19H26N4O.HI/c1-20-19(21-10-13-23-11-4-5-12-23)22-14-17-16-7-3-2-6-15(16)8-9-18(17)24;/h4-5,8-9,11-12,24H,2-3,6-7,10,13-14H2,1H3,(H2,20,21,22);1H. The predicted octanol–water partition coefficient (Wildman–Crippen LogP) is 3.06. The summed E-state index contributed by atoms with van der Waals surface area (Å²) in [6, 6.07) is 7.93. The lowest BCUT2D eigenvalue weighted by atomic mass is 9.88. The van der Waals surface area contributed by atoms with E-state index in [1.807, 2.05) is 30.6 Å². The van der Waals surface area contributed by atoms with Crippen LogP contribution in [0.15, 0.2) is 41.7 Å². The third kappa shape index (κ3) is 5.14. The molecule has 1 aromatic heterocycles. The van der Waals surface area contributed by atoms with E-state index in [-0.39, 0.29) is 24.0 Å². The zero-order valence-corrected chi connectivity index (χ0v) is 17.0. The third-order valence-electron chi connectivity index (χ3n) is 4.61. The Labute approximate surface area is 166 Å². The SMILES string of the molecule is CN=C(NCCn1cccc1)NCc1c(O)ccc2c1CCCC2.I. The van der Waals surface area contributed by atoms with E-state index in [1.165, 1.54) is 24.0 Å². The Morgan fingerprint density at radius 2 is 1.92 bits per heavy atom. The average molecular weight is 454 g/mol. The molecule has 3 N–H and O–H groups in total. The molecule has 0 unspecified atom stereocenters. The molecule has 6 heteroatoms. The Hall–Kier alpha value is -1.70. The monoisotopic (exact) mass is 454 g/mol. The number of hydrogen-bond donors (Lipinski definition) is 3. The van der Waals surface area contributed by atoms with Crippen molar-refractivity contribution in [3.05, 3.63) is 53.3 Å². The quantitative estimate of drug-likeness (QED) is 0.370. The molecule has 0 spiro atoms. The van der Waals surface area contributed by atoms with Crippen molar-refractivity contribution in [3.63, 3.8) is 0 Å². The van der Waals surface area contributed by atoms with Gasteiger partial charge in [0, 0.05) is 44.6 Å². The van der Waals surface area contributed by atoms with E-state index in [1.54, 1.807) is 7.05 Å². The Balaban J connectivity index is 0.00000225. The van der Waals surface area contributed by atoms with E-state index in [9.17, 15) is 5.11 Å². The van der Waals surface area contributed by atoms with Crippen LogP contribution in [-0.4, -0.2) is 29.2 Å². The van der Waals surface area contributed by atoms with E-state index < -0.39 is 0 Å². The predicted molar refractivity (Wildman–Crippen MR) is 113 cm³/mol. The number of halogens is 1. The molecular weight excluding hydrogens is 427 g/mol. The smallest absolute Gasteiger partial charge is 0.191 e. The van der Waals surface area contributed by atoms with Crippen LogP contribution >= 0.6 is 24.0 Å². The Morgan fingerprint density at radius 3 is 2.68 bits per heavy atom. The van der Waals surface area contributed by atoms with Crippen LogP contribution in [0.2, 0.25) is 0 Å². The van der Waals surface area contributed by atoms with Crippen LogP contribution in [0.25, 0.3) is 0 Å². The minimum Gasteiger partial charge on any atom is -0.508 e. The molecule has 5 nitrogen and oxygen atoms in total. The lowest BCUT2D eigenvalue weighted by molar-refractivity contribution is 0.464. The van der Waals surface area contributed by atoms with Gasteiger partial charge in [-0.05, 0) is 55.0 Å². The highest BCUT2D eigenvalue weighted by atomic mass is 127. The van der Waals surface area contributed by atoms with Gasteiger partial charge in [0.05, 0.1) is 0 Å². The topological polar surface area (TPSA) is 61.6 Å². The first-order valence-electron chi connectivity index (χ1n) is 8.66. The number of hydrogen-bond acceptors (Lipinski definition) is 2. The van der Waals surface area contributed by atoms with Crippen LogP contribution in [0.3, 0.4) is 0 Å². The van der Waals surface area contributed by atoms with Crippen molar-refractivity contribution in [1.82, 2.24) is 15.2 Å². The van der Waals surface area contributed by atoms with Gasteiger partial charge in [0.1, 0.15) is 5.75 Å². The van der Waals surface area contributed by atoms with Gasteiger partial charge in [0.25, 0.3) is 0 Å². The lowest BCUT2D eigenvalue weighted by Gasteiger charge is -2.21. The molecule has 1 heterocycles. The minimum atomic E-state index is 0. The normalized spacial score (nSPS) is 13.7. The van der Waals surface area contributed by atoms with Crippen molar-refractivity contribution in [3.8, 4) is 5.75 Å². The van der Waals surface area contributed by atoms with Crippen molar-refractivity contribution in [2.24, 2.45) is 4.99 Å². The molecule has 0 atom stereocenters. The number of phenols is 1. The van der Waals surface area contributed by atoms with Gasteiger partial charge in [-0.3, -0.25) is 4.99 Å². The summed E-state index contributed by atoms with van der Waals surface area (Å²) in [4.78, 5) is 4.27. The van der Waals surface area contributed by atoms with Gasteiger partial charge in [-0.2, -0.15) is 0 Å². The van der Waals surface area contributed by atoms with Gasteiger partial charge in [0.2, 0.25) is 0 Å². The van der Waals surface area contributed by atoms with E-state index in [0.29, 0.717) is 12.3 Å². The highest BCUT2D eigenvalue weighted by molar-refractivity contribution is 14.0. The molecular formula is C19H27IN4O. The molecule has 0 bridgehead atoms. The summed E-state index contributed by atoms with van der Waals surface area (Å²) in [5.41, 5.74) is 3.71. The number of fused-ring (bicyclic) bond motifs is 1. The van der Waals surface area contributed by atoms with Crippen LogP contribution in [0.5, 0.6) is 5.75 Å². The zero-order valence-electron chi connectivity index (χ0n) is 14.7. The summed E-state index contributed by atoms with van der Waals surface area (Å²) in [6.07, 6.45) is 8.71. The highest BCUT2D eigenvalue weighted by Gasteiger charge is 2.16. The van der Waals surface area contributed by atoms with E-state index in [4.69, 9.17) is 0 Å². The number of guanidine groups is 1. The lowest BCUT2D eigenvalue weighted by Crippen LogP contribution is -2.38. The number of nitrogens with one attached hydrogen (secondary N) is 2. The molecule has 1 aliphatic rings. The summed E-state index contributed by atoms with van der Waals surface area (Å²) in [5, 5.41) is 16.9. The second-order valence-electron chi connectivity index (χ2n) is 6.18. The van der Waals surface area contributed by atoms with Gasteiger partial charge in [-0.1, -0.05) is 6.07 Å². The number of aliphatic imine (C=N–C) groups is 1. The van der Waals surface area contributed by atoms with Gasteiger partial charge < -0.3 is 20.3 Å². The van der Waals surface area contributed by atoms with Crippen LogP contribution < -0.4 is 10.6 Å².